The van der Waals surface area contributed by atoms with Crippen molar-refractivity contribution in [1.82, 2.24) is 10.6 Å². The molecular formula is C25H32N2O7. The van der Waals surface area contributed by atoms with E-state index in [1.807, 2.05) is 6.08 Å². The lowest BCUT2D eigenvalue weighted by atomic mass is 9.77. The zero-order chi connectivity index (χ0) is 24.1. The van der Waals surface area contributed by atoms with Crippen molar-refractivity contribution in [1.29, 1.82) is 0 Å². The molecule has 3 aliphatic rings. The molecule has 0 aliphatic carbocycles. The van der Waals surface area contributed by atoms with Crippen molar-refractivity contribution < 1.29 is 34.1 Å². The number of ether oxygens (including phenoxy) is 2. The number of carbonyl (C=O) groups excluding carboxylic acids is 2. The Hall–Kier alpha value is -2.91. The van der Waals surface area contributed by atoms with Crippen LogP contribution in [0.1, 0.15) is 37.7 Å². The van der Waals surface area contributed by atoms with Gasteiger partial charge in [-0.15, -0.1) is 0 Å². The number of aliphatic carboxylic acids is 1. The molecular weight excluding hydrogens is 440 g/mol. The number of aryl methyl sites for hydroxylation is 1. The number of hydrogen-bond acceptors (Lipinski definition) is 6. The normalized spacial score (nSPS) is 28.6. The molecule has 3 heterocycles. The summed E-state index contributed by atoms with van der Waals surface area (Å²) in [4.78, 5) is 35.0. The first-order valence-electron chi connectivity index (χ1n) is 11.9. The van der Waals surface area contributed by atoms with Gasteiger partial charge in [0, 0.05) is 25.3 Å². The number of phenolic OH excluding ortho intramolecular Hbond substituents is 1. The third kappa shape index (κ3) is 6.15. The summed E-state index contributed by atoms with van der Waals surface area (Å²) in [6.45, 7) is 0.389. The van der Waals surface area contributed by atoms with Crippen molar-refractivity contribution in [3.05, 3.63) is 42.0 Å². The van der Waals surface area contributed by atoms with Crippen molar-refractivity contribution in [2.75, 3.05) is 13.1 Å². The number of carbonyl (C=O) groups is 3. The lowest BCUT2D eigenvalue weighted by Crippen LogP contribution is -2.44. The molecule has 184 valence electrons. The molecule has 9 nitrogen and oxygen atoms in total. The van der Waals surface area contributed by atoms with Crippen LogP contribution in [0, 0.1) is 11.8 Å². The third-order valence-electron chi connectivity index (χ3n) is 6.81. The van der Waals surface area contributed by atoms with Gasteiger partial charge in [-0.2, -0.15) is 0 Å². The predicted octanol–water partition coefficient (Wildman–Crippen LogP) is 1.54. The van der Waals surface area contributed by atoms with E-state index in [4.69, 9.17) is 14.6 Å². The first-order chi connectivity index (χ1) is 16.4. The molecule has 0 spiro atoms. The van der Waals surface area contributed by atoms with E-state index in [2.05, 4.69) is 16.7 Å². The molecule has 0 radical (unpaired) electrons. The molecule has 6 atom stereocenters. The summed E-state index contributed by atoms with van der Waals surface area (Å²) in [6, 6.07) is 6.69. The van der Waals surface area contributed by atoms with Gasteiger partial charge in [0.1, 0.15) is 18.0 Å². The van der Waals surface area contributed by atoms with Gasteiger partial charge in [-0.3, -0.25) is 14.4 Å². The van der Waals surface area contributed by atoms with E-state index in [9.17, 15) is 19.5 Å². The standard InChI is InChI=1S/C25H32N2O7/c28-16-10-7-15(8-11-16)9-12-19(29)27-14-20(30)26-13-18-17(5-3-1-2-4-6-21(31)32)22-24-25(34-24)23(18)33-22/h1,3,7-8,10-11,17-18,22-25,28H,2,4-6,9,12-14H2,(H,26,30)(H,27,29)(H,31,32)/b3-1-/t17-,18+,22+,23-,24-,25+/m0/s1. The minimum absolute atomic E-state index is 0.0133. The van der Waals surface area contributed by atoms with Gasteiger partial charge in [0.25, 0.3) is 0 Å². The van der Waals surface area contributed by atoms with Crippen molar-refractivity contribution in [2.45, 2.75) is 62.9 Å². The minimum Gasteiger partial charge on any atom is -0.508 e. The fourth-order valence-electron chi connectivity index (χ4n) is 4.98. The van der Waals surface area contributed by atoms with E-state index in [0.717, 1.165) is 18.4 Å². The number of aromatic hydroxyl groups is 1. The molecule has 3 aliphatic heterocycles. The number of amides is 2. The molecule has 0 saturated carbocycles. The number of allylic oxidation sites excluding steroid dienone is 2. The summed E-state index contributed by atoms with van der Waals surface area (Å²) in [7, 11) is 0. The number of carboxylic acids is 1. The maximum Gasteiger partial charge on any atom is 0.303 e. The molecule has 2 amide bonds. The summed E-state index contributed by atoms with van der Waals surface area (Å²) >= 11 is 0. The number of phenols is 1. The number of hydrogen-bond donors (Lipinski definition) is 4. The summed E-state index contributed by atoms with van der Waals surface area (Å²) < 4.78 is 11.8. The molecule has 3 fully saturated rings. The Morgan fingerprint density at radius 3 is 2.32 bits per heavy atom. The SMILES string of the molecule is O=C(O)CCC/C=C\C[C@H]1[C@@H](CNC(=O)CNC(=O)CCc2ccc(O)cc2)[C@@H]2O[C@H]1[C@@H]1O[C@@H]12. The van der Waals surface area contributed by atoms with Crippen LogP contribution < -0.4 is 10.6 Å². The number of rotatable bonds is 13. The molecule has 2 bridgehead atoms. The minimum atomic E-state index is -0.781. The van der Waals surface area contributed by atoms with Crippen LogP contribution in [-0.2, 0) is 30.3 Å². The van der Waals surface area contributed by atoms with Gasteiger partial charge in [-0.1, -0.05) is 24.3 Å². The second-order valence-corrected chi connectivity index (χ2v) is 9.20. The Morgan fingerprint density at radius 1 is 0.882 bits per heavy atom. The zero-order valence-electron chi connectivity index (χ0n) is 19.0. The van der Waals surface area contributed by atoms with E-state index in [-0.39, 0.29) is 73.2 Å². The second-order valence-electron chi connectivity index (χ2n) is 9.20. The van der Waals surface area contributed by atoms with Crippen molar-refractivity contribution >= 4 is 17.8 Å². The Bertz CT molecular complexity index is 916. The molecule has 0 aromatic heterocycles. The maximum absolute atomic E-state index is 12.3. The van der Waals surface area contributed by atoms with Crippen molar-refractivity contribution in [2.24, 2.45) is 11.8 Å². The molecule has 4 N–H and O–H groups in total. The van der Waals surface area contributed by atoms with Gasteiger partial charge in [-0.25, -0.2) is 0 Å². The summed E-state index contributed by atoms with van der Waals surface area (Å²) in [5.74, 6) is -0.653. The van der Waals surface area contributed by atoms with E-state index in [0.29, 0.717) is 19.4 Å². The molecule has 1 aromatic carbocycles. The van der Waals surface area contributed by atoms with Gasteiger partial charge < -0.3 is 30.3 Å². The Kier molecular flexibility index (Phi) is 7.84. The fourth-order valence-corrected chi connectivity index (χ4v) is 4.98. The van der Waals surface area contributed by atoms with Gasteiger partial charge in [0.2, 0.25) is 11.8 Å². The quantitative estimate of drug-likeness (QED) is 0.194. The second kappa shape index (κ2) is 11.0. The van der Waals surface area contributed by atoms with E-state index >= 15 is 0 Å². The highest BCUT2D eigenvalue weighted by Gasteiger charge is 2.68. The summed E-state index contributed by atoms with van der Waals surface area (Å²) in [5.41, 5.74) is 0.941. The first-order valence-corrected chi connectivity index (χ1v) is 11.9. The highest BCUT2D eigenvalue weighted by atomic mass is 16.7. The third-order valence-corrected chi connectivity index (χ3v) is 6.81. The number of fused-ring (bicyclic) bond motifs is 5. The average Bonchev–Trinajstić information content (AvgIpc) is 3.44. The number of unbranched alkanes of at least 4 members (excludes halogenated alkanes) is 1. The summed E-state index contributed by atoms with van der Waals surface area (Å²) in [6.07, 6.45) is 7.52. The fraction of sp³-hybridized carbons (Fsp3) is 0.560. The van der Waals surface area contributed by atoms with Crippen LogP contribution in [0.2, 0.25) is 0 Å². The van der Waals surface area contributed by atoms with Crippen LogP contribution in [0.15, 0.2) is 36.4 Å². The predicted molar refractivity (Wildman–Crippen MR) is 122 cm³/mol. The molecule has 1 aromatic rings. The first kappa shape index (κ1) is 24.2. The highest BCUT2D eigenvalue weighted by molar-refractivity contribution is 5.84. The zero-order valence-corrected chi connectivity index (χ0v) is 19.0. The van der Waals surface area contributed by atoms with Crippen LogP contribution in [0.4, 0.5) is 0 Å². The molecule has 34 heavy (non-hydrogen) atoms. The number of carboxylic acid groups (broad SMARTS) is 1. The van der Waals surface area contributed by atoms with Gasteiger partial charge in [0.05, 0.1) is 18.8 Å². The number of nitrogens with one attached hydrogen (secondary N) is 2. The summed E-state index contributed by atoms with van der Waals surface area (Å²) in [5, 5.41) is 23.6. The van der Waals surface area contributed by atoms with Gasteiger partial charge >= 0.3 is 5.97 Å². The van der Waals surface area contributed by atoms with Crippen LogP contribution in [0.25, 0.3) is 0 Å². The van der Waals surface area contributed by atoms with E-state index in [1.54, 1.807) is 24.3 Å². The molecule has 4 rings (SSSR count). The van der Waals surface area contributed by atoms with Crippen LogP contribution >= 0.6 is 0 Å². The van der Waals surface area contributed by atoms with Gasteiger partial charge in [-0.05, 0) is 49.3 Å². The number of epoxide rings is 1. The largest absolute Gasteiger partial charge is 0.508 e. The van der Waals surface area contributed by atoms with Crippen molar-refractivity contribution in [3.8, 4) is 5.75 Å². The van der Waals surface area contributed by atoms with Crippen LogP contribution in [-0.4, -0.2) is 65.5 Å². The maximum atomic E-state index is 12.3. The lowest BCUT2D eigenvalue weighted by molar-refractivity contribution is -0.137. The lowest BCUT2D eigenvalue weighted by Gasteiger charge is -2.25. The Balaban J connectivity index is 1.16. The number of benzene rings is 1. The van der Waals surface area contributed by atoms with Crippen LogP contribution in [0.5, 0.6) is 5.75 Å². The highest BCUT2D eigenvalue weighted by Crippen LogP contribution is 2.54. The molecule has 3 saturated heterocycles. The topological polar surface area (TPSA) is 137 Å². The monoisotopic (exact) mass is 472 g/mol. The van der Waals surface area contributed by atoms with E-state index < -0.39 is 5.97 Å². The van der Waals surface area contributed by atoms with Gasteiger partial charge in [0.15, 0.2) is 0 Å². The Labute approximate surface area is 198 Å². The Morgan fingerprint density at radius 2 is 1.59 bits per heavy atom. The average molecular weight is 473 g/mol. The van der Waals surface area contributed by atoms with Crippen LogP contribution in [0.3, 0.4) is 0 Å². The molecule has 0 unspecified atom stereocenters. The molecule has 9 heteroatoms. The van der Waals surface area contributed by atoms with Crippen molar-refractivity contribution in [3.63, 3.8) is 0 Å². The smallest absolute Gasteiger partial charge is 0.303 e. The van der Waals surface area contributed by atoms with E-state index in [1.165, 1.54) is 0 Å².